The molecule has 42 heteroatoms. The zero-order chi connectivity index (χ0) is 78.0. The van der Waals surface area contributed by atoms with Crippen molar-refractivity contribution in [1.82, 2.24) is 46.6 Å². The summed E-state index contributed by atoms with van der Waals surface area (Å²) in [7, 11) is 0. The SMILES string of the molecule is CC(=O)N[C@@H]1C(O)C[C@](OC2C(O)[C@H](OC3[C@@H](O)C(CO[C@@H]4OC(CO)[C@@H](O)C(O)C4C)O[C@H](OC(C)C(NC(=O)C(CO)NC(=O)CNC(=O)C4CCCN4C(C)=O)C(=O)NC(C)C(=O)N4CCCC4C(=O)N4CCCC4C(=O)NC(C)C(N)=O)[C@H]3C)OC(CO)[C@@H]2O)(C(=O)O)OC1[C@H](O)[C@H](O)CO. The number of amides is 10. The van der Waals surface area contributed by atoms with Gasteiger partial charge in [0.2, 0.25) is 59.1 Å². The maximum Gasteiger partial charge on any atom is 0.364 e. The Balaban J connectivity index is 1.19. The fraction of sp³-hybridized carbons (Fsp3) is 0.825. The highest BCUT2D eigenvalue weighted by atomic mass is 16.8. The summed E-state index contributed by atoms with van der Waals surface area (Å²) in [5, 5.41) is 157. The zero-order valence-corrected chi connectivity index (χ0v) is 59.0. The van der Waals surface area contributed by atoms with Crippen molar-refractivity contribution < 1.29 is 157 Å². The van der Waals surface area contributed by atoms with E-state index in [4.69, 9.17) is 43.6 Å². The summed E-state index contributed by atoms with van der Waals surface area (Å²) in [5.74, 6) is -16.2. The van der Waals surface area contributed by atoms with Crippen LogP contribution in [0, 0.1) is 11.8 Å². The lowest BCUT2D eigenvalue weighted by molar-refractivity contribution is -0.385. The summed E-state index contributed by atoms with van der Waals surface area (Å²) >= 11 is 0. The zero-order valence-electron chi connectivity index (χ0n) is 59.0. The summed E-state index contributed by atoms with van der Waals surface area (Å²) in [6.45, 7) is 3.30. The molecule has 29 atom stereocenters. The van der Waals surface area contributed by atoms with Gasteiger partial charge in [-0.1, -0.05) is 13.8 Å². The Morgan fingerprint density at radius 2 is 1.21 bits per heavy atom. The first-order chi connectivity index (χ1) is 49.4. The van der Waals surface area contributed by atoms with Crippen LogP contribution in [0.1, 0.15) is 93.4 Å². The molecule has 10 amide bonds. The predicted octanol–water partition coefficient (Wildman–Crippen LogP) is -11.9. The summed E-state index contributed by atoms with van der Waals surface area (Å²) in [5.41, 5.74) is 5.36. The number of likely N-dealkylation sites (tertiary alicyclic amines) is 3. The van der Waals surface area contributed by atoms with Crippen LogP contribution < -0.4 is 37.6 Å². The van der Waals surface area contributed by atoms with E-state index in [1.54, 1.807) is 0 Å². The molecular weight excluding hydrogens is 1410 g/mol. The van der Waals surface area contributed by atoms with Crippen LogP contribution in [-0.2, 0) is 90.6 Å². The van der Waals surface area contributed by atoms with Gasteiger partial charge in [-0.2, -0.15) is 0 Å². The minimum atomic E-state index is -3.24. The molecule has 0 aromatic rings. The van der Waals surface area contributed by atoms with Crippen LogP contribution in [0.15, 0.2) is 0 Å². The highest BCUT2D eigenvalue weighted by Gasteiger charge is 2.61. The first kappa shape index (κ1) is 85.6. The normalized spacial score (nSPS) is 35.5. The largest absolute Gasteiger partial charge is 0.477 e. The molecule has 7 heterocycles. The molecule has 0 spiro atoms. The van der Waals surface area contributed by atoms with E-state index in [2.05, 4.69) is 31.9 Å². The molecule has 7 fully saturated rings. The van der Waals surface area contributed by atoms with E-state index in [0.29, 0.717) is 19.3 Å². The molecule has 596 valence electrons. The number of aliphatic hydroxyl groups excluding tert-OH is 12. The topological polar surface area (TPSA) is 633 Å². The predicted molar refractivity (Wildman–Crippen MR) is 346 cm³/mol. The van der Waals surface area contributed by atoms with Gasteiger partial charge in [-0.05, 0) is 59.3 Å². The third-order valence-electron chi connectivity index (χ3n) is 20.0. The average Bonchev–Trinajstić information content (AvgIpc) is 1.22. The number of hydrogen-bond acceptors (Lipinski definition) is 31. The van der Waals surface area contributed by atoms with Gasteiger partial charge in [0.05, 0.1) is 70.0 Å². The van der Waals surface area contributed by atoms with Gasteiger partial charge in [0.15, 0.2) is 18.9 Å². The third kappa shape index (κ3) is 20.0. The van der Waals surface area contributed by atoms with Crippen LogP contribution >= 0.6 is 0 Å². The summed E-state index contributed by atoms with van der Waals surface area (Å²) < 4.78 is 48.2. The van der Waals surface area contributed by atoms with Gasteiger partial charge in [-0.3, -0.25) is 47.9 Å². The molecule has 7 rings (SSSR count). The number of primary amides is 1. The molecule has 7 saturated heterocycles. The number of carbonyl (C=O) groups is 11. The maximum atomic E-state index is 15.0. The highest BCUT2D eigenvalue weighted by Crippen LogP contribution is 2.40. The number of rotatable bonds is 31. The summed E-state index contributed by atoms with van der Waals surface area (Å²) in [4.78, 5) is 151. The molecule has 18 unspecified atom stereocenters. The van der Waals surface area contributed by atoms with Crippen LogP contribution in [0.5, 0.6) is 0 Å². The number of hydrogen-bond donors (Lipinski definition) is 20. The first-order valence-electron chi connectivity index (χ1n) is 34.7. The number of nitrogens with zero attached hydrogens (tertiary/aromatic N) is 3. The number of nitrogens with one attached hydrogen (secondary N) is 6. The average molecular weight is 1510 g/mol. The molecule has 7 aliphatic rings. The Hall–Kier alpha value is -6.63. The van der Waals surface area contributed by atoms with Crippen molar-refractivity contribution in [2.75, 3.05) is 59.2 Å². The van der Waals surface area contributed by atoms with Crippen LogP contribution in [0.3, 0.4) is 0 Å². The molecule has 0 aromatic heterocycles. The van der Waals surface area contributed by atoms with Crippen LogP contribution in [0.2, 0.25) is 0 Å². The van der Waals surface area contributed by atoms with E-state index in [0.717, 1.165) is 6.92 Å². The minimum absolute atomic E-state index is 0.00988. The van der Waals surface area contributed by atoms with Gasteiger partial charge >= 0.3 is 5.97 Å². The first-order valence-corrected chi connectivity index (χ1v) is 34.7. The van der Waals surface area contributed by atoms with Gasteiger partial charge in [0.1, 0.15) is 109 Å². The number of ether oxygens (including phenoxy) is 8. The van der Waals surface area contributed by atoms with E-state index in [1.165, 1.54) is 56.2 Å². The third-order valence-corrected chi connectivity index (χ3v) is 20.0. The Kier molecular flexibility index (Phi) is 30.5. The Bertz CT molecular complexity index is 3060. The number of carboxylic acid groups (broad SMARTS) is 1. The molecular formula is C63H102N10O32. The van der Waals surface area contributed by atoms with Crippen LogP contribution in [0.4, 0.5) is 0 Å². The van der Waals surface area contributed by atoms with Crippen molar-refractivity contribution in [1.29, 1.82) is 0 Å². The number of nitrogens with two attached hydrogens (primary N) is 1. The van der Waals surface area contributed by atoms with Gasteiger partial charge in [-0.25, -0.2) is 4.79 Å². The van der Waals surface area contributed by atoms with Crippen molar-refractivity contribution in [3.05, 3.63) is 0 Å². The Morgan fingerprint density at radius 3 is 1.80 bits per heavy atom. The number of carboxylic acids is 1. The smallest absolute Gasteiger partial charge is 0.364 e. The highest BCUT2D eigenvalue weighted by molar-refractivity contribution is 5.98. The van der Waals surface area contributed by atoms with Gasteiger partial charge in [0, 0.05) is 51.7 Å². The molecule has 0 saturated carbocycles. The van der Waals surface area contributed by atoms with E-state index >= 15 is 0 Å². The second-order valence-electron chi connectivity index (χ2n) is 27.5. The molecule has 21 N–H and O–H groups in total. The van der Waals surface area contributed by atoms with Crippen LogP contribution in [-0.4, -0.2) is 370 Å². The number of carbonyl (C=O) groups excluding carboxylic acids is 10. The molecule has 42 nitrogen and oxygen atoms in total. The second-order valence-corrected chi connectivity index (χ2v) is 27.5. The Morgan fingerprint density at radius 1 is 0.629 bits per heavy atom. The van der Waals surface area contributed by atoms with Crippen molar-refractivity contribution in [3.63, 3.8) is 0 Å². The monoisotopic (exact) mass is 1510 g/mol. The number of aliphatic carboxylic acids is 1. The van der Waals surface area contributed by atoms with Crippen molar-refractivity contribution in [2.45, 2.75) is 258 Å². The lowest BCUT2D eigenvalue weighted by Crippen LogP contribution is -2.70. The standard InChI is InChI=1S/C63H102N10O32/c1-24-43(83)45(85)37(21-76)100-59(24)98-23-39-47(87)49(103-61-48(88)51(46(86)38(22-77)101-61)105-63(62(96)97)17-35(80)42(68-29(6)78)50(104-63)44(84)36(81)20-75)25(2)60(102-39)99-28(5)41(70-53(90)31(19-74)69-40(82)18-65-54(91)32-11-8-14-71(32)30(7)79)56(93)67-27(4)57(94)73-16-10-13-34(73)58(95)72-15-9-12-33(72)55(92)66-26(3)52(64)89/h24-28,31-39,41-51,59-61,74-77,80-81,83-88H,8-23H2,1-7H3,(H2,64,89)(H,65,91)(H,66,92)(H,67,93)(H,68,78)(H,69,82)(H,70,90)(H,96,97)/t24?,25-,26?,27?,28?,31?,32?,33?,34?,35?,36+,37?,38?,39?,41?,42+,43?,44+,45+,46-,47-,48?,49?,50?,51?,59+,60-,61-,63-/m0/s1. The molecule has 0 aromatic carbocycles. The van der Waals surface area contributed by atoms with E-state index in [1.807, 2.05) is 0 Å². The van der Waals surface area contributed by atoms with Crippen LogP contribution in [0.25, 0.3) is 0 Å². The Labute approximate surface area is 601 Å². The van der Waals surface area contributed by atoms with E-state index in [-0.39, 0.29) is 38.9 Å². The maximum absolute atomic E-state index is 15.0. The quantitative estimate of drug-likeness (QED) is 0.0306. The van der Waals surface area contributed by atoms with Gasteiger partial charge in [-0.15, -0.1) is 0 Å². The summed E-state index contributed by atoms with van der Waals surface area (Å²) in [6, 6.07) is -11.4. The lowest BCUT2D eigenvalue weighted by atomic mass is 9.88. The van der Waals surface area contributed by atoms with Gasteiger partial charge < -0.3 is 157 Å². The van der Waals surface area contributed by atoms with E-state index < -0.39 is 287 Å². The number of aliphatic hydroxyl groups is 12. The minimum Gasteiger partial charge on any atom is -0.477 e. The van der Waals surface area contributed by atoms with Crippen molar-refractivity contribution in [3.8, 4) is 0 Å². The molecule has 7 aliphatic heterocycles. The van der Waals surface area contributed by atoms with E-state index in [9.17, 15) is 119 Å². The lowest BCUT2D eigenvalue weighted by Gasteiger charge is -2.51. The van der Waals surface area contributed by atoms with Crippen molar-refractivity contribution >= 4 is 65.0 Å². The summed E-state index contributed by atoms with van der Waals surface area (Å²) in [6.07, 6.45) is -34.3. The molecule has 0 bridgehead atoms. The second kappa shape index (κ2) is 37.5. The van der Waals surface area contributed by atoms with Gasteiger partial charge in [0.25, 0.3) is 5.79 Å². The molecule has 0 aliphatic carbocycles. The molecule has 0 radical (unpaired) electrons. The fourth-order valence-electron chi connectivity index (χ4n) is 13.9. The molecule has 105 heavy (non-hydrogen) atoms. The fourth-order valence-corrected chi connectivity index (χ4v) is 13.9. The van der Waals surface area contributed by atoms with Crippen molar-refractivity contribution in [2.24, 2.45) is 17.6 Å².